The highest BCUT2D eigenvalue weighted by molar-refractivity contribution is 9.10. The van der Waals surface area contributed by atoms with Gasteiger partial charge in [0.25, 0.3) is 5.91 Å². The zero-order valence-corrected chi connectivity index (χ0v) is 43.4. The summed E-state index contributed by atoms with van der Waals surface area (Å²) in [5, 5.41) is 47.3. The maximum Gasteiger partial charge on any atom is 0.335 e. The van der Waals surface area contributed by atoms with Crippen LogP contribution in [0, 0.1) is 0 Å². The first-order chi connectivity index (χ1) is 34.2. The molecule has 0 bridgehead atoms. The fraction of sp³-hybridized carbons (Fsp3) is 0.241. The van der Waals surface area contributed by atoms with E-state index >= 15 is 0 Å². The summed E-state index contributed by atoms with van der Waals surface area (Å²) < 4.78 is 5.73. The van der Waals surface area contributed by atoms with Crippen LogP contribution in [0.25, 0.3) is 22.5 Å². The van der Waals surface area contributed by atoms with Crippen LogP contribution in [-0.4, -0.2) is 86.2 Å². The minimum atomic E-state index is -1.03. The van der Waals surface area contributed by atoms with E-state index in [4.69, 9.17) is 20.7 Å². The van der Waals surface area contributed by atoms with Gasteiger partial charge in [0.05, 0.1) is 53.2 Å². The third kappa shape index (κ3) is 20.5. The third-order valence-corrected chi connectivity index (χ3v) is 12.1. The van der Waals surface area contributed by atoms with Crippen molar-refractivity contribution in [2.75, 3.05) is 31.6 Å². The number of nitrogens with two attached hydrogens (primary N) is 1. The molecule has 0 saturated carbocycles. The maximum absolute atomic E-state index is 12.3. The number of thiazole rings is 2. The van der Waals surface area contributed by atoms with Gasteiger partial charge in [-0.15, -0.1) is 22.7 Å². The van der Waals surface area contributed by atoms with Crippen LogP contribution in [0.2, 0.25) is 0 Å². The molecule has 72 heavy (non-hydrogen) atoms. The number of carbonyl (C=O) groups excluding carboxylic acids is 3. The molecular weight excluding hydrogens is 1020 g/mol. The van der Waals surface area contributed by atoms with Crippen molar-refractivity contribution in [1.29, 1.82) is 0 Å². The number of aliphatic hydroxyl groups is 2. The molecule has 1 fully saturated rings. The summed E-state index contributed by atoms with van der Waals surface area (Å²) in [6.45, 7) is 8.46. The SMILES string of the molecule is C1CCOC1.CC(C)(O)c1cccc(C(=O)NCC(=O)Cc2nc(-c3ccccc3)cs2)c1.CC(C)(O)c1cccc(C(=O)O)c1.NCC(=O)Nc1nc(-c2ccccc2)cs1.O=C(O)c1cccc(Br)c1. The van der Waals surface area contributed by atoms with E-state index in [1.165, 1.54) is 47.6 Å². The Labute approximate surface area is 434 Å². The second-order valence-corrected chi connectivity index (χ2v) is 19.5. The number of hydrogen-bond acceptors (Lipinski definition) is 13. The number of ether oxygens (including phenoxy) is 1. The second-order valence-electron chi connectivity index (χ2n) is 16.8. The molecule has 0 spiro atoms. The smallest absolute Gasteiger partial charge is 0.335 e. The van der Waals surface area contributed by atoms with Gasteiger partial charge in [-0.05, 0) is 94.1 Å². The average molecular weight is 1080 g/mol. The minimum absolute atomic E-state index is 0.0275. The number of benzene rings is 5. The standard InChI is InChI=1S/C22H22N2O3S.C11H11N3OS.C10H12O3.C7H5BrO2.C4H8O/c1-22(2,27)17-10-6-9-16(11-17)21(26)23-13-18(25)12-20-24-19(14-28-20)15-7-4-3-5-8-15;12-6-10(15)14-11-13-9(7-16-11)8-4-2-1-3-5-8;1-10(2,13)8-5-3-4-7(6-8)9(11)12;8-6-3-1-2-5(4-6)7(9)10;1-2-4-5-3-1/h3-11,14,27H,12-13H2,1-2H3,(H,23,26);1-5,7H,6,12H2,(H,13,14,15);3-6,13H,1-2H3,(H,11,12);1-4H,(H,9,10);1-4H2. The normalized spacial score (nSPS) is 11.6. The predicted octanol–water partition coefficient (Wildman–Crippen LogP) is 9.84. The lowest BCUT2D eigenvalue weighted by Gasteiger charge is -2.18. The molecule has 8 N–H and O–H groups in total. The number of nitrogens with zero attached hydrogens (tertiary/aromatic N) is 2. The van der Waals surface area contributed by atoms with Crippen molar-refractivity contribution in [3.05, 3.63) is 182 Å². The Hall–Kier alpha value is -6.77. The molecular formula is C54H58BrN5O10S2. The molecule has 18 heteroatoms. The molecule has 1 aliphatic rings. The van der Waals surface area contributed by atoms with E-state index in [2.05, 4.69) is 36.5 Å². The van der Waals surface area contributed by atoms with Crippen LogP contribution >= 0.6 is 38.6 Å². The van der Waals surface area contributed by atoms with Crippen molar-refractivity contribution >= 4 is 73.3 Å². The Bertz CT molecular complexity index is 2830. The number of rotatable bonds is 13. The van der Waals surface area contributed by atoms with E-state index in [0.29, 0.717) is 27.4 Å². The van der Waals surface area contributed by atoms with Crippen LogP contribution in [0.15, 0.2) is 149 Å². The molecule has 0 atom stereocenters. The van der Waals surface area contributed by atoms with Gasteiger partial charge >= 0.3 is 11.9 Å². The Morgan fingerprint density at radius 3 is 1.61 bits per heavy atom. The molecule has 7 aromatic rings. The number of carboxylic acids is 2. The van der Waals surface area contributed by atoms with Crippen molar-refractivity contribution in [1.82, 2.24) is 15.3 Å². The van der Waals surface area contributed by atoms with Gasteiger partial charge in [-0.25, -0.2) is 19.6 Å². The lowest BCUT2D eigenvalue weighted by Crippen LogP contribution is -2.30. The Morgan fingerprint density at radius 2 is 1.14 bits per heavy atom. The summed E-state index contributed by atoms with van der Waals surface area (Å²) in [5.41, 5.74) is 9.08. The van der Waals surface area contributed by atoms with E-state index in [0.717, 1.165) is 45.2 Å². The lowest BCUT2D eigenvalue weighted by molar-refractivity contribution is -0.117. The van der Waals surface area contributed by atoms with E-state index < -0.39 is 23.1 Å². The molecule has 378 valence electrons. The van der Waals surface area contributed by atoms with Gasteiger partial charge in [-0.2, -0.15) is 0 Å². The number of carboxylic acid groups (broad SMARTS) is 2. The summed E-state index contributed by atoms with van der Waals surface area (Å²) in [4.78, 5) is 65.3. The monoisotopic (exact) mass is 1080 g/mol. The molecule has 2 amide bonds. The quantitative estimate of drug-likeness (QED) is 0.0569. The Kier molecular flexibility index (Phi) is 23.2. The highest BCUT2D eigenvalue weighted by Crippen LogP contribution is 2.25. The van der Waals surface area contributed by atoms with Crippen LogP contribution in [0.4, 0.5) is 5.13 Å². The summed E-state index contributed by atoms with van der Waals surface area (Å²) in [7, 11) is 0. The predicted molar refractivity (Wildman–Crippen MR) is 285 cm³/mol. The van der Waals surface area contributed by atoms with Gasteiger partial charge in [0.1, 0.15) is 5.01 Å². The number of amides is 2. The first-order valence-corrected chi connectivity index (χ1v) is 25.0. The van der Waals surface area contributed by atoms with Crippen molar-refractivity contribution in [3.63, 3.8) is 0 Å². The fourth-order valence-electron chi connectivity index (χ4n) is 6.09. The first-order valence-electron chi connectivity index (χ1n) is 22.5. The number of anilines is 1. The second kappa shape index (κ2) is 28.9. The van der Waals surface area contributed by atoms with Gasteiger partial charge in [-0.1, -0.05) is 107 Å². The van der Waals surface area contributed by atoms with Crippen LogP contribution in [0.3, 0.4) is 0 Å². The molecule has 1 saturated heterocycles. The minimum Gasteiger partial charge on any atom is -0.478 e. The fourth-order valence-corrected chi connectivity index (χ4v) is 8.06. The summed E-state index contributed by atoms with van der Waals surface area (Å²) in [6, 6.07) is 39.2. The average Bonchev–Trinajstić information content (AvgIpc) is 4.20. The van der Waals surface area contributed by atoms with Crippen molar-refractivity contribution < 1.29 is 49.1 Å². The highest BCUT2D eigenvalue weighted by atomic mass is 79.9. The number of carbonyl (C=O) groups is 5. The summed E-state index contributed by atoms with van der Waals surface area (Å²) >= 11 is 5.99. The van der Waals surface area contributed by atoms with Crippen LogP contribution in [-0.2, 0) is 31.9 Å². The Balaban J connectivity index is 0.000000216. The number of aromatic carboxylic acids is 2. The number of Topliss-reactive ketones (excluding diaryl/α,β-unsaturated/α-hetero) is 1. The number of nitrogens with one attached hydrogen (secondary N) is 2. The molecule has 0 aliphatic carbocycles. The largest absolute Gasteiger partial charge is 0.478 e. The molecule has 0 radical (unpaired) electrons. The van der Waals surface area contributed by atoms with Crippen LogP contribution in [0.5, 0.6) is 0 Å². The zero-order valence-electron chi connectivity index (χ0n) is 40.2. The molecule has 1 aliphatic heterocycles. The molecule has 3 heterocycles. The molecule has 5 aromatic carbocycles. The van der Waals surface area contributed by atoms with Gasteiger partial charge < -0.3 is 41.5 Å². The third-order valence-electron chi connectivity index (χ3n) is 9.97. The molecule has 2 aromatic heterocycles. The topological polar surface area (TPSA) is 251 Å². The van der Waals surface area contributed by atoms with E-state index in [-0.39, 0.29) is 42.7 Å². The molecule has 8 rings (SSSR count). The van der Waals surface area contributed by atoms with Crippen molar-refractivity contribution in [2.24, 2.45) is 5.73 Å². The van der Waals surface area contributed by atoms with E-state index in [1.54, 1.807) is 88.4 Å². The van der Waals surface area contributed by atoms with Gasteiger partial charge in [0.15, 0.2) is 10.9 Å². The molecule has 15 nitrogen and oxygen atoms in total. The number of hydrogen-bond donors (Lipinski definition) is 7. The van der Waals surface area contributed by atoms with Crippen LogP contribution in [0.1, 0.15) is 87.7 Å². The van der Waals surface area contributed by atoms with E-state index in [9.17, 15) is 34.2 Å². The van der Waals surface area contributed by atoms with Gasteiger partial charge in [-0.3, -0.25) is 14.4 Å². The van der Waals surface area contributed by atoms with Crippen LogP contribution < -0.4 is 16.4 Å². The Morgan fingerprint density at radius 1 is 0.653 bits per heavy atom. The van der Waals surface area contributed by atoms with Crippen molar-refractivity contribution in [3.8, 4) is 22.5 Å². The number of ketones is 1. The zero-order chi connectivity index (χ0) is 52.7. The van der Waals surface area contributed by atoms with Gasteiger partial charge in [0, 0.05) is 45.1 Å². The highest BCUT2D eigenvalue weighted by Gasteiger charge is 2.19. The summed E-state index contributed by atoms with van der Waals surface area (Å²) in [6.07, 6.45) is 2.74. The maximum atomic E-state index is 12.3. The number of aromatic nitrogens is 2. The van der Waals surface area contributed by atoms with E-state index in [1.807, 2.05) is 71.4 Å². The summed E-state index contributed by atoms with van der Waals surface area (Å²) in [5.74, 6) is -2.56. The first kappa shape index (κ1) is 57.8. The lowest BCUT2D eigenvalue weighted by atomic mass is 9.96. The number of halogens is 1. The molecule has 0 unspecified atom stereocenters. The van der Waals surface area contributed by atoms with Crippen molar-refractivity contribution in [2.45, 2.75) is 58.2 Å². The van der Waals surface area contributed by atoms with Gasteiger partial charge in [0.2, 0.25) is 5.91 Å².